The zero-order chi connectivity index (χ0) is 23.1. The molecule has 3 heterocycles. The van der Waals surface area contributed by atoms with Crippen molar-refractivity contribution in [3.63, 3.8) is 0 Å². The van der Waals surface area contributed by atoms with E-state index >= 15 is 0 Å². The van der Waals surface area contributed by atoms with E-state index in [1.807, 2.05) is 25.1 Å². The smallest absolute Gasteiger partial charge is 0.403 e. The second kappa shape index (κ2) is 8.49. The van der Waals surface area contributed by atoms with Crippen molar-refractivity contribution in [1.29, 1.82) is 0 Å². The number of hydrogen-bond donors (Lipinski definition) is 0. The number of thiazole rings is 1. The van der Waals surface area contributed by atoms with Crippen LogP contribution in [0.1, 0.15) is 11.1 Å². The Bertz CT molecular complexity index is 1420. The first kappa shape index (κ1) is 21.4. The summed E-state index contributed by atoms with van der Waals surface area (Å²) < 4.78 is 22.9. The molecule has 0 N–H and O–H groups in total. The number of aryl methyl sites for hydroxylation is 1. The normalized spacial score (nSPS) is 14.9. The summed E-state index contributed by atoms with van der Waals surface area (Å²) in [6.07, 6.45) is 2.91. The third-order valence-electron chi connectivity index (χ3n) is 5.19. The molecule has 33 heavy (non-hydrogen) atoms. The number of aromatic nitrogens is 3. The van der Waals surface area contributed by atoms with Crippen LogP contribution in [0.25, 0.3) is 37.9 Å². The van der Waals surface area contributed by atoms with Gasteiger partial charge in [0, 0.05) is 17.2 Å². The zero-order valence-electron chi connectivity index (χ0n) is 17.8. The van der Waals surface area contributed by atoms with E-state index in [0.29, 0.717) is 28.4 Å². The predicted octanol–water partition coefficient (Wildman–Crippen LogP) is 5.38. The first-order valence-electron chi connectivity index (χ1n) is 10.00. The molecule has 2 aromatic heterocycles. The van der Waals surface area contributed by atoms with Crippen molar-refractivity contribution in [2.24, 2.45) is 0 Å². The minimum Gasteiger partial charge on any atom is -0.484 e. The minimum atomic E-state index is -0.877. The van der Waals surface area contributed by atoms with Gasteiger partial charge in [-0.05, 0) is 36.2 Å². The van der Waals surface area contributed by atoms with Crippen molar-refractivity contribution in [3.8, 4) is 28.0 Å². The fraction of sp³-hybridized carbons (Fsp3) is 0.217. The van der Waals surface area contributed by atoms with Crippen molar-refractivity contribution in [2.45, 2.75) is 13.0 Å². The maximum atomic E-state index is 10.9. The lowest BCUT2D eigenvalue weighted by molar-refractivity contribution is 0.0412. The van der Waals surface area contributed by atoms with Gasteiger partial charge in [-0.3, -0.25) is 0 Å². The van der Waals surface area contributed by atoms with Crippen molar-refractivity contribution in [2.75, 3.05) is 20.3 Å². The Morgan fingerprint density at radius 2 is 2.18 bits per heavy atom. The molecule has 0 saturated heterocycles. The largest absolute Gasteiger partial charge is 0.484 e. The maximum absolute atomic E-state index is 10.9. The lowest BCUT2D eigenvalue weighted by Crippen LogP contribution is -2.33. The van der Waals surface area contributed by atoms with Gasteiger partial charge < -0.3 is 18.9 Å². The van der Waals surface area contributed by atoms with E-state index in [0.717, 1.165) is 31.9 Å². The summed E-state index contributed by atoms with van der Waals surface area (Å²) in [5.74, 6) is 1.62. The van der Waals surface area contributed by atoms with Gasteiger partial charge in [0.2, 0.25) is 5.88 Å². The fourth-order valence-electron chi connectivity index (χ4n) is 3.66. The highest BCUT2D eigenvalue weighted by Crippen LogP contribution is 2.46. The standard InChI is InChI=1S/C23H18ClN3O5S/c1-4-12-6-14(19-15(7-12)26-17(29-3)8-25-19)22-27-18-11(2)5-16-20(21(18)33-22)30-9-13(32-16)10-31-23(24)28/h4-8,13H,1,9-10H2,2-3H3. The molecule has 5 rings (SSSR count). The molecule has 0 radical (unpaired) electrons. The van der Waals surface area contributed by atoms with Crippen LogP contribution in [-0.2, 0) is 4.74 Å². The van der Waals surface area contributed by atoms with Crippen LogP contribution < -0.4 is 14.2 Å². The summed E-state index contributed by atoms with van der Waals surface area (Å²) in [6, 6.07) is 5.77. The van der Waals surface area contributed by atoms with Crippen LogP contribution in [0.2, 0.25) is 0 Å². The average molecular weight is 484 g/mol. The van der Waals surface area contributed by atoms with E-state index in [2.05, 4.69) is 16.5 Å². The third-order valence-corrected chi connectivity index (χ3v) is 6.39. The molecule has 0 aliphatic carbocycles. The van der Waals surface area contributed by atoms with Crippen LogP contribution in [-0.4, -0.2) is 46.8 Å². The molecule has 1 atom stereocenters. The number of halogens is 1. The minimum absolute atomic E-state index is 0.00919. The number of benzene rings is 2. The fourth-order valence-corrected chi connectivity index (χ4v) is 4.88. The summed E-state index contributed by atoms with van der Waals surface area (Å²) in [6.45, 7) is 6.08. The van der Waals surface area contributed by atoms with Crippen LogP contribution in [0.15, 0.2) is 31.0 Å². The Morgan fingerprint density at radius 3 is 2.94 bits per heavy atom. The number of methoxy groups -OCH3 is 1. The first-order valence-corrected chi connectivity index (χ1v) is 11.2. The number of ether oxygens (including phenoxy) is 4. The summed E-state index contributed by atoms with van der Waals surface area (Å²) in [4.78, 5) is 24.9. The van der Waals surface area contributed by atoms with E-state index in [4.69, 9.17) is 35.5 Å². The van der Waals surface area contributed by atoms with Crippen LogP contribution >= 0.6 is 22.9 Å². The molecule has 0 spiro atoms. The van der Waals surface area contributed by atoms with Crippen molar-refractivity contribution in [3.05, 3.63) is 42.1 Å². The average Bonchev–Trinajstić information content (AvgIpc) is 3.27. The third kappa shape index (κ3) is 3.94. The lowest BCUT2D eigenvalue weighted by atomic mass is 10.1. The molecule has 1 unspecified atom stereocenters. The van der Waals surface area contributed by atoms with Crippen molar-refractivity contribution in [1.82, 2.24) is 15.0 Å². The summed E-state index contributed by atoms with van der Waals surface area (Å²) >= 11 is 6.74. The van der Waals surface area contributed by atoms with Crippen LogP contribution in [0.3, 0.4) is 0 Å². The van der Waals surface area contributed by atoms with Crippen molar-refractivity contribution < 1.29 is 23.7 Å². The molecule has 4 aromatic rings. The van der Waals surface area contributed by atoms with Gasteiger partial charge in [-0.1, -0.05) is 12.7 Å². The quantitative estimate of drug-likeness (QED) is 0.349. The van der Waals surface area contributed by atoms with Crippen LogP contribution in [0, 0.1) is 6.92 Å². The van der Waals surface area contributed by atoms with Crippen LogP contribution in [0.4, 0.5) is 4.79 Å². The van der Waals surface area contributed by atoms with Gasteiger partial charge in [-0.2, -0.15) is 0 Å². The van der Waals surface area contributed by atoms with Gasteiger partial charge in [0.15, 0.2) is 17.6 Å². The first-order chi connectivity index (χ1) is 16.0. The molecular formula is C23H18ClN3O5S. The number of carbonyl (C=O) groups excluding carboxylic acids is 1. The topological polar surface area (TPSA) is 92.7 Å². The van der Waals surface area contributed by atoms with Gasteiger partial charge in [0.1, 0.15) is 22.9 Å². The van der Waals surface area contributed by atoms with E-state index in [-0.39, 0.29) is 13.2 Å². The van der Waals surface area contributed by atoms with Gasteiger partial charge in [0.05, 0.1) is 29.9 Å². The highest BCUT2D eigenvalue weighted by atomic mass is 35.5. The summed E-state index contributed by atoms with van der Waals surface area (Å²) in [5.41, 5.74) is 4.02. The molecular weight excluding hydrogens is 466 g/mol. The number of fused-ring (bicyclic) bond motifs is 4. The molecule has 0 saturated carbocycles. The Kier molecular flexibility index (Phi) is 5.51. The Morgan fingerprint density at radius 1 is 1.33 bits per heavy atom. The van der Waals surface area contributed by atoms with E-state index in [1.165, 1.54) is 11.3 Å². The van der Waals surface area contributed by atoms with Crippen molar-refractivity contribution >= 4 is 55.7 Å². The molecule has 2 aromatic carbocycles. The summed E-state index contributed by atoms with van der Waals surface area (Å²) in [7, 11) is 1.56. The lowest BCUT2D eigenvalue weighted by Gasteiger charge is -2.26. The molecule has 8 nitrogen and oxygen atoms in total. The maximum Gasteiger partial charge on any atom is 0.403 e. The molecule has 0 fully saturated rings. The summed E-state index contributed by atoms with van der Waals surface area (Å²) in [5, 5.41) is 0.775. The zero-order valence-corrected chi connectivity index (χ0v) is 19.3. The highest BCUT2D eigenvalue weighted by molar-refractivity contribution is 7.22. The molecule has 1 aliphatic heterocycles. The molecule has 168 valence electrons. The van der Waals surface area contributed by atoms with Gasteiger partial charge in [-0.25, -0.2) is 19.7 Å². The second-order valence-corrected chi connectivity index (χ2v) is 8.68. The monoisotopic (exact) mass is 483 g/mol. The second-order valence-electron chi connectivity index (χ2n) is 7.37. The predicted molar refractivity (Wildman–Crippen MR) is 127 cm³/mol. The van der Waals surface area contributed by atoms with E-state index in [1.54, 1.807) is 19.4 Å². The number of nitrogens with zero attached hydrogens (tertiary/aromatic N) is 3. The van der Waals surface area contributed by atoms with Gasteiger partial charge >= 0.3 is 5.43 Å². The molecule has 1 aliphatic rings. The van der Waals surface area contributed by atoms with Crippen LogP contribution in [0.5, 0.6) is 17.4 Å². The van der Waals surface area contributed by atoms with E-state index in [9.17, 15) is 4.79 Å². The Balaban J connectivity index is 1.61. The van der Waals surface area contributed by atoms with E-state index < -0.39 is 11.5 Å². The molecule has 0 amide bonds. The Labute approximate surface area is 197 Å². The number of rotatable bonds is 5. The molecule has 10 heteroatoms. The Hall–Kier alpha value is -3.43. The number of hydrogen-bond acceptors (Lipinski definition) is 9. The van der Waals surface area contributed by atoms with Gasteiger partial charge in [0.25, 0.3) is 0 Å². The SMILES string of the molecule is C=Cc1cc(-c2nc3c(C)cc4c(c3s2)OCC(COC(=O)Cl)O4)c2ncc(OC)nc2c1. The highest BCUT2D eigenvalue weighted by Gasteiger charge is 2.27. The van der Waals surface area contributed by atoms with Gasteiger partial charge in [-0.15, -0.1) is 11.3 Å². The number of carbonyl (C=O) groups is 1. The molecule has 0 bridgehead atoms.